The second-order valence-corrected chi connectivity index (χ2v) is 3.28. The molecule has 0 heterocycles. The zero-order valence-electron chi connectivity index (χ0n) is 8.64. The van der Waals surface area contributed by atoms with Crippen LogP contribution >= 0.6 is 0 Å². The maximum atomic E-state index is 9.38. The number of aryl methyl sites for hydroxylation is 1. The third-order valence-corrected chi connectivity index (χ3v) is 2.30. The van der Waals surface area contributed by atoms with Gasteiger partial charge >= 0.3 is 6.09 Å². The van der Waals surface area contributed by atoms with Gasteiger partial charge in [-0.15, -0.1) is 0 Å². The highest BCUT2D eigenvalue weighted by Crippen LogP contribution is 2.29. The molecule has 1 amide bonds. The van der Waals surface area contributed by atoms with Gasteiger partial charge in [-0.3, -0.25) is 0 Å². The quantitative estimate of drug-likeness (QED) is 0.678. The van der Waals surface area contributed by atoms with Crippen molar-refractivity contribution in [3.63, 3.8) is 0 Å². The summed E-state index contributed by atoms with van der Waals surface area (Å²) in [4.78, 5) is 9.37. The van der Waals surface area contributed by atoms with Crippen molar-refractivity contribution in [2.75, 3.05) is 7.11 Å². The Labute approximate surface area is 88.7 Å². The van der Waals surface area contributed by atoms with Gasteiger partial charge in [0.25, 0.3) is 0 Å². The standard InChI is InChI=1S/C9H10O.C2H5NO2/c10-9-6-5-7-3-1-2-4-8(7)9;1-5-2(3)4/h1-4,9-10H,5-6H2;1H3,(H2,3,4). The van der Waals surface area contributed by atoms with Crippen molar-refractivity contribution in [2.45, 2.75) is 18.9 Å². The highest BCUT2D eigenvalue weighted by molar-refractivity contribution is 5.64. The first-order valence-corrected chi connectivity index (χ1v) is 4.74. The third kappa shape index (κ3) is 3.25. The van der Waals surface area contributed by atoms with Crippen molar-refractivity contribution in [3.8, 4) is 0 Å². The summed E-state index contributed by atoms with van der Waals surface area (Å²) < 4.78 is 3.89. The minimum absolute atomic E-state index is 0.198. The van der Waals surface area contributed by atoms with Gasteiger partial charge in [0.1, 0.15) is 0 Å². The molecule has 0 spiro atoms. The Bertz CT molecular complexity index is 338. The number of ether oxygens (including phenoxy) is 1. The van der Waals surface area contributed by atoms with E-state index < -0.39 is 6.09 Å². The van der Waals surface area contributed by atoms with Crippen LogP contribution in [0.4, 0.5) is 4.79 Å². The SMILES string of the molecule is COC(N)=O.OC1CCc2ccccc21. The van der Waals surface area contributed by atoms with Gasteiger partial charge in [0.05, 0.1) is 13.2 Å². The molecule has 3 N–H and O–H groups in total. The molecule has 0 radical (unpaired) electrons. The second-order valence-electron chi connectivity index (χ2n) is 3.28. The number of nitrogens with two attached hydrogens (primary N) is 1. The highest BCUT2D eigenvalue weighted by Gasteiger charge is 2.18. The molecular formula is C11H15NO3. The van der Waals surface area contributed by atoms with Gasteiger partial charge in [0.15, 0.2) is 0 Å². The van der Waals surface area contributed by atoms with Gasteiger partial charge in [-0.05, 0) is 24.0 Å². The lowest BCUT2D eigenvalue weighted by Gasteiger charge is -2.00. The van der Waals surface area contributed by atoms with Gasteiger partial charge in [-0.1, -0.05) is 24.3 Å². The Morgan fingerprint density at radius 1 is 1.53 bits per heavy atom. The van der Waals surface area contributed by atoms with E-state index in [4.69, 9.17) is 0 Å². The van der Waals surface area contributed by atoms with E-state index in [1.807, 2.05) is 18.2 Å². The second kappa shape index (κ2) is 5.36. The maximum Gasteiger partial charge on any atom is 0.404 e. The van der Waals surface area contributed by atoms with Crippen LogP contribution in [0.5, 0.6) is 0 Å². The molecule has 0 aromatic heterocycles. The van der Waals surface area contributed by atoms with Crippen LogP contribution in [0.3, 0.4) is 0 Å². The Kier molecular flexibility index (Phi) is 4.12. The van der Waals surface area contributed by atoms with Crippen LogP contribution in [0.2, 0.25) is 0 Å². The molecule has 1 aliphatic rings. The number of aliphatic hydroxyl groups excluding tert-OH is 1. The fraction of sp³-hybridized carbons (Fsp3) is 0.364. The van der Waals surface area contributed by atoms with Crippen LogP contribution in [0.25, 0.3) is 0 Å². The topological polar surface area (TPSA) is 72.5 Å². The van der Waals surface area contributed by atoms with Gasteiger partial charge in [-0.25, -0.2) is 4.79 Å². The Morgan fingerprint density at radius 2 is 2.13 bits per heavy atom. The number of methoxy groups -OCH3 is 1. The summed E-state index contributed by atoms with van der Waals surface area (Å²) in [6.45, 7) is 0. The normalized spacial score (nSPS) is 17.3. The van der Waals surface area contributed by atoms with Crippen molar-refractivity contribution in [1.82, 2.24) is 0 Å². The van der Waals surface area contributed by atoms with Gasteiger partial charge < -0.3 is 15.6 Å². The summed E-state index contributed by atoms with van der Waals surface area (Å²) in [6, 6.07) is 8.10. The molecular weight excluding hydrogens is 194 g/mol. The highest BCUT2D eigenvalue weighted by atomic mass is 16.5. The molecule has 0 fully saturated rings. The zero-order chi connectivity index (χ0) is 11.3. The Morgan fingerprint density at radius 3 is 2.67 bits per heavy atom. The Hall–Kier alpha value is -1.55. The summed E-state index contributed by atoms with van der Waals surface area (Å²) in [5, 5.41) is 9.38. The number of amides is 1. The van der Waals surface area contributed by atoms with Crippen molar-refractivity contribution in [3.05, 3.63) is 35.4 Å². The van der Waals surface area contributed by atoms with E-state index in [0.717, 1.165) is 18.4 Å². The predicted octanol–water partition coefficient (Wildman–Crippen LogP) is 1.38. The summed E-state index contributed by atoms with van der Waals surface area (Å²) in [5.41, 5.74) is 6.87. The van der Waals surface area contributed by atoms with E-state index >= 15 is 0 Å². The minimum Gasteiger partial charge on any atom is -0.453 e. The third-order valence-electron chi connectivity index (χ3n) is 2.30. The predicted molar refractivity (Wildman–Crippen MR) is 56.3 cm³/mol. The molecule has 2 rings (SSSR count). The number of carbonyl (C=O) groups is 1. The first-order chi connectivity index (χ1) is 7.15. The lowest BCUT2D eigenvalue weighted by Crippen LogP contribution is -2.08. The van der Waals surface area contributed by atoms with Gasteiger partial charge in [0, 0.05) is 0 Å². The minimum atomic E-state index is -0.745. The van der Waals surface area contributed by atoms with Gasteiger partial charge in [0.2, 0.25) is 0 Å². The number of rotatable bonds is 0. The zero-order valence-corrected chi connectivity index (χ0v) is 8.64. The van der Waals surface area contributed by atoms with Gasteiger partial charge in [-0.2, -0.15) is 0 Å². The number of benzene rings is 1. The molecule has 1 aromatic rings. The van der Waals surface area contributed by atoms with Crippen LogP contribution in [0.1, 0.15) is 23.7 Å². The molecule has 4 heteroatoms. The lowest BCUT2D eigenvalue weighted by atomic mass is 10.1. The van der Waals surface area contributed by atoms with E-state index in [2.05, 4.69) is 16.5 Å². The van der Waals surface area contributed by atoms with Crippen molar-refractivity contribution < 1.29 is 14.6 Å². The molecule has 0 saturated carbocycles. The van der Waals surface area contributed by atoms with E-state index in [1.165, 1.54) is 12.7 Å². The van der Waals surface area contributed by atoms with Crippen LogP contribution < -0.4 is 5.73 Å². The van der Waals surface area contributed by atoms with Crippen molar-refractivity contribution >= 4 is 6.09 Å². The number of hydrogen-bond donors (Lipinski definition) is 2. The lowest BCUT2D eigenvalue weighted by molar-refractivity contribution is 0.180. The van der Waals surface area contributed by atoms with Crippen molar-refractivity contribution in [1.29, 1.82) is 0 Å². The van der Waals surface area contributed by atoms with Crippen LogP contribution in [-0.4, -0.2) is 18.3 Å². The molecule has 0 bridgehead atoms. The first-order valence-electron chi connectivity index (χ1n) is 4.74. The number of carbonyl (C=O) groups excluding carboxylic acids is 1. The molecule has 1 unspecified atom stereocenters. The molecule has 82 valence electrons. The number of hydrogen-bond acceptors (Lipinski definition) is 3. The summed E-state index contributed by atoms with van der Waals surface area (Å²) in [7, 11) is 1.22. The molecule has 1 aromatic carbocycles. The summed E-state index contributed by atoms with van der Waals surface area (Å²) >= 11 is 0. The molecule has 15 heavy (non-hydrogen) atoms. The molecule has 0 aliphatic heterocycles. The average Bonchev–Trinajstić information content (AvgIpc) is 2.62. The summed E-state index contributed by atoms with van der Waals surface area (Å²) in [5.74, 6) is 0. The summed E-state index contributed by atoms with van der Waals surface area (Å²) in [6.07, 6.45) is 0.998. The fourth-order valence-electron chi connectivity index (χ4n) is 1.53. The first kappa shape index (κ1) is 11.5. The van der Waals surface area contributed by atoms with E-state index in [0.29, 0.717) is 0 Å². The number of fused-ring (bicyclic) bond motifs is 1. The molecule has 0 saturated heterocycles. The maximum absolute atomic E-state index is 9.38. The molecule has 1 aliphatic carbocycles. The van der Waals surface area contributed by atoms with E-state index in [1.54, 1.807) is 0 Å². The molecule has 1 atom stereocenters. The smallest absolute Gasteiger partial charge is 0.404 e. The largest absolute Gasteiger partial charge is 0.453 e. The van der Waals surface area contributed by atoms with Crippen LogP contribution in [-0.2, 0) is 11.2 Å². The Balaban J connectivity index is 0.000000195. The van der Waals surface area contributed by atoms with Crippen molar-refractivity contribution in [2.24, 2.45) is 5.73 Å². The van der Waals surface area contributed by atoms with Crippen LogP contribution in [0, 0.1) is 0 Å². The molecule has 4 nitrogen and oxygen atoms in total. The van der Waals surface area contributed by atoms with E-state index in [-0.39, 0.29) is 6.10 Å². The number of primary amides is 1. The van der Waals surface area contributed by atoms with E-state index in [9.17, 15) is 9.90 Å². The average molecular weight is 209 g/mol. The van der Waals surface area contributed by atoms with Crippen LogP contribution in [0.15, 0.2) is 24.3 Å². The fourth-order valence-corrected chi connectivity index (χ4v) is 1.53. The number of aliphatic hydroxyl groups is 1. The monoisotopic (exact) mass is 209 g/mol.